The minimum absolute atomic E-state index is 0.0227. The summed E-state index contributed by atoms with van der Waals surface area (Å²) in [5.41, 5.74) is 3.90. The highest BCUT2D eigenvalue weighted by Gasteiger charge is 2.22. The van der Waals surface area contributed by atoms with Crippen molar-refractivity contribution in [1.29, 1.82) is 0 Å². The molecule has 206 valence electrons. The number of anilines is 6. The van der Waals surface area contributed by atoms with Crippen LogP contribution in [0.25, 0.3) is 0 Å². The van der Waals surface area contributed by atoms with Crippen molar-refractivity contribution in [2.24, 2.45) is 0 Å². The van der Waals surface area contributed by atoms with Crippen LogP contribution in [0, 0.1) is 0 Å². The Hall–Kier alpha value is -5.20. The third-order valence-electron chi connectivity index (χ3n) is 6.53. The number of carbonyl (C=O) groups is 2. The summed E-state index contributed by atoms with van der Waals surface area (Å²) in [6.07, 6.45) is 8.81. The van der Waals surface area contributed by atoms with Crippen molar-refractivity contribution in [3.8, 4) is 0 Å². The number of pyridine rings is 3. The SMILES string of the molecule is CN1C(=O)CNc2ncccc21.CN1CCN(Cc2cnc[nH]2)c2ncccc21.O=C1CNc2ncccc2N1. The Morgan fingerprint density at radius 3 is 2.38 bits per heavy atom. The average molecular weight is 542 g/mol. The lowest BCUT2D eigenvalue weighted by molar-refractivity contribution is -0.117. The van der Waals surface area contributed by atoms with E-state index in [1.807, 2.05) is 36.7 Å². The van der Waals surface area contributed by atoms with E-state index in [2.05, 4.69) is 63.8 Å². The van der Waals surface area contributed by atoms with E-state index in [1.54, 1.807) is 36.7 Å². The Morgan fingerprint density at radius 2 is 1.57 bits per heavy atom. The lowest BCUT2D eigenvalue weighted by Crippen LogP contribution is -2.39. The third-order valence-corrected chi connectivity index (χ3v) is 6.53. The number of carbonyl (C=O) groups excluding carboxylic acids is 2. The molecule has 3 aliphatic heterocycles. The highest BCUT2D eigenvalue weighted by atomic mass is 16.2. The molecular weight excluding hydrogens is 510 g/mol. The zero-order valence-electron chi connectivity index (χ0n) is 22.3. The van der Waals surface area contributed by atoms with Gasteiger partial charge in [0.2, 0.25) is 11.8 Å². The van der Waals surface area contributed by atoms with Crippen LogP contribution in [0.1, 0.15) is 5.69 Å². The van der Waals surface area contributed by atoms with Gasteiger partial charge in [-0.25, -0.2) is 19.9 Å². The van der Waals surface area contributed by atoms with Gasteiger partial charge in [-0.2, -0.15) is 0 Å². The fourth-order valence-electron chi connectivity index (χ4n) is 4.38. The molecule has 4 N–H and O–H groups in total. The monoisotopic (exact) mass is 541 g/mol. The molecule has 0 bridgehead atoms. The molecule has 0 radical (unpaired) electrons. The van der Waals surface area contributed by atoms with Crippen LogP contribution in [0.4, 0.5) is 34.5 Å². The molecule has 0 atom stereocenters. The van der Waals surface area contributed by atoms with Crippen LogP contribution in [0.2, 0.25) is 0 Å². The Morgan fingerprint density at radius 1 is 0.850 bits per heavy atom. The van der Waals surface area contributed by atoms with Gasteiger partial charge in [0.05, 0.1) is 48.7 Å². The molecule has 0 saturated carbocycles. The summed E-state index contributed by atoms with van der Waals surface area (Å²) in [5, 5.41) is 8.53. The average Bonchev–Trinajstić information content (AvgIpc) is 3.51. The van der Waals surface area contributed by atoms with Gasteiger partial charge in [0.25, 0.3) is 0 Å². The van der Waals surface area contributed by atoms with Crippen LogP contribution < -0.4 is 30.7 Å². The number of amides is 2. The Balaban J connectivity index is 0.000000125. The van der Waals surface area contributed by atoms with Gasteiger partial charge >= 0.3 is 0 Å². The molecule has 0 spiro atoms. The minimum atomic E-state index is -0.0227. The second-order valence-electron chi connectivity index (χ2n) is 9.24. The zero-order valence-corrected chi connectivity index (χ0v) is 22.3. The number of hydrogen-bond donors (Lipinski definition) is 4. The van der Waals surface area contributed by atoms with Gasteiger partial charge in [0, 0.05) is 52.0 Å². The highest BCUT2D eigenvalue weighted by molar-refractivity contribution is 6.01. The second-order valence-corrected chi connectivity index (χ2v) is 9.24. The predicted octanol–water partition coefficient (Wildman–Crippen LogP) is 2.18. The molecule has 7 rings (SSSR count). The molecule has 3 aliphatic rings. The molecule has 0 fully saturated rings. The van der Waals surface area contributed by atoms with E-state index in [0.29, 0.717) is 13.1 Å². The summed E-state index contributed by atoms with van der Waals surface area (Å²) in [6, 6.07) is 11.4. The summed E-state index contributed by atoms with van der Waals surface area (Å²) < 4.78 is 0. The fourth-order valence-corrected chi connectivity index (χ4v) is 4.38. The normalized spacial score (nSPS) is 15.0. The van der Waals surface area contributed by atoms with Gasteiger partial charge in [0.15, 0.2) is 5.82 Å². The number of rotatable bonds is 2. The summed E-state index contributed by atoms with van der Waals surface area (Å²) in [4.78, 5) is 47.9. The molecule has 0 aromatic carbocycles. The van der Waals surface area contributed by atoms with Gasteiger partial charge < -0.3 is 35.6 Å². The van der Waals surface area contributed by atoms with Gasteiger partial charge in [0.1, 0.15) is 11.6 Å². The largest absolute Gasteiger partial charge is 0.370 e. The van der Waals surface area contributed by atoms with Crippen molar-refractivity contribution in [2.45, 2.75) is 6.54 Å². The Bertz CT molecular complexity index is 1460. The molecule has 0 saturated heterocycles. The fraction of sp³-hybridized carbons (Fsp3) is 0.259. The highest BCUT2D eigenvalue weighted by Crippen LogP contribution is 2.30. The van der Waals surface area contributed by atoms with Crippen molar-refractivity contribution in [2.75, 3.05) is 70.9 Å². The molecule has 13 nitrogen and oxygen atoms in total. The first-order chi connectivity index (χ1) is 19.5. The number of fused-ring (bicyclic) bond motifs is 3. The third kappa shape index (κ3) is 6.09. The number of nitrogens with one attached hydrogen (secondary N) is 4. The standard InChI is InChI=1S/C12H15N5.C8H9N3O.C7H7N3O/c1-16-5-6-17(8-10-7-13-9-15-10)12-11(16)3-2-4-14-12;1-11-6-3-2-4-9-8(6)10-5-7(11)12;11-6-4-9-7-5(10-6)2-1-3-8-7/h2-4,7,9H,5-6,8H2,1H3,(H,13,15);2-4H,5H2,1H3,(H,9,10);1-3H,4H2,(H,8,9)(H,10,11). The van der Waals surface area contributed by atoms with E-state index in [-0.39, 0.29) is 11.8 Å². The van der Waals surface area contributed by atoms with Gasteiger partial charge in [-0.3, -0.25) is 9.59 Å². The molecule has 40 heavy (non-hydrogen) atoms. The molecular formula is C27H31N11O2. The number of imidazole rings is 1. The molecule has 7 heterocycles. The molecule has 4 aromatic rings. The van der Waals surface area contributed by atoms with E-state index in [0.717, 1.165) is 54.2 Å². The molecule has 13 heteroatoms. The number of H-pyrrole nitrogens is 1. The lowest BCUT2D eigenvalue weighted by atomic mass is 10.2. The molecule has 0 unspecified atom stereocenters. The van der Waals surface area contributed by atoms with Crippen LogP contribution in [-0.4, -0.2) is 77.0 Å². The van der Waals surface area contributed by atoms with Gasteiger partial charge in [-0.1, -0.05) is 0 Å². The van der Waals surface area contributed by atoms with Crippen LogP contribution in [0.15, 0.2) is 67.5 Å². The van der Waals surface area contributed by atoms with E-state index in [9.17, 15) is 9.59 Å². The Kier molecular flexibility index (Phi) is 7.99. The van der Waals surface area contributed by atoms with Crippen molar-refractivity contribution in [3.05, 3.63) is 73.2 Å². The minimum Gasteiger partial charge on any atom is -0.370 e. The van der Waals surface area contributed by atoms with Crippen molar-refractivity contribution in [1.82, 2.24) is 24.9 Å². The molecule has 4 aromatic heterocycles. The first kappa shape index (κ1) is 26.4. The first-order valence-corrected chi connectivity index (χ1v) is 12.8. The Labute approximate surface area is 231 Å². The topological polar surface area (TPSA) is 147 Å². The summed E-state index contributed by atoms with van der Waals surface area (Å²) in [7, 11) is 3.86. The lowest BCUT2D eigenvalue weighted by Gasteiger charge is -2.35. The van der Waals surface area contributed by atoms with Crippen molar-refractivity contribution < 1.29 is 9.59 Å². The number of likely N-dealkylation sites (N-methyl/N-ethyl adjacent to an activating group) is 2. The second kappa shape index (κ2) is 12.1. The van der Waals surface area contributed by atoms with Gasteiger partial charge in [-0.15, -0.1) is 0 Å². The van der Waals surface area contributed by atoms with Crippen molar-refractivity contribution >= 4 is 46.3 Å². The van der Waals surface area contributed by atoms with E-state index < -0.39 is 0 Å². The zero-order chi connectivity index (χ0) is 27.9. The van der Waals surface area contributed by atoms with Gasteiger partial charge in [-0.05, 0) is 36.4 Å². The predicted molar refractivity (Wildman–Crippen MR) is 155 cm³/mol. The summed E-state index contributed by atoms with van der Waals surface area (Å²) in [6.45, 7) is 3.48. The van der Waals surface area contributed by atoms with Crippen LogP contribution in [-0.2, 0) is 16.1 Å². The van der Waals surface area contributed by atoms with Crippen LogP contribution in [0.3, 0.4) is 0 Å². The maximum atomic E-state index is 11.2. The number of hydrogen-bond acceptors (Lipinski definition) is 10. The summed E-state index contributed by atoms with van der Waals surface area (Å²) >= 11 is 0. The quantitative estimate of drug-likeness (QED) is 0.298. The maximum absolute atomic E-state index is 11.2. The van der Waals surface area contributed by atoms with Crippen LogP contribution >= 0.6 is 0 Å². The smallest absolute Gasteiger partial charge is 0.246 e. The maximum Gasteiger partial charge on any atom is 0.246 e. The van der Waals surface area contributed by atoms with E-state index >= 15 is 0 Å². The number of aromatic amines is 1. The first-order valence-electron chi connectivity index (χ1n) is 12.8. The van der Waals surface area contributed by atoms with Crippen molar-refractivity contribution in [3.63, 3.8) is 0 Å². The summed E-state index contributed by atoms with van der Waals surface area (Å²) in [5.74, 6) is 2.61. The number of aromatic nitrogens is 5. The van der Waals surface area contributed by atoms with E-state index in [1.165, 1.54) is 5.69 Å². The van der Waals surface area contributed by atoms with E-state index in [4.69, 9.17) is 0 Å². The molecule has 0 aliphatic carbocycles. The number of nitrogens with zero attached hydrogens (tertiary/aromatic N) is 7. The molecule has 2 amide bonds. The van der Waals surface area contributed by atoms with Crippen LogP contribution in [0.5, 0.6) is 0 Å².